The second-order valence-electron chi connectivity index (χ2n) is 7.38. The Morgan fingerprint density at radius 2 is 1.72 bits per heavy atom. The number of rotatable bonds is 9. The van der Waals surface area contributed by atoms with E-state index in [2.05, 4.69) is 5.32 Å². The Balaban J connectivity index is 1.72. The third-order valence-electron chi connectivity index (χ3n) is 4.95. The first-order valence-electron chi connectivity index (χ1n) is 10.2. The summed E-state index contributed by atoms with van der Waals surface area (Å²) in [4.78, 5) is 12.7. The van der Waals surface area contributed by atoms with Gasteiger partial charge in [0.2, 0.25) is 26.0 Å². The summed E-state index contributed by atoms with van der Waals surface area (Å²) in [5.41, 5.74) is 0.674. The lowest BCUT2D eigenvalue weighted by Crippen LogP contribution is -2.37. The van der Waals surface area contributed by atoms with E-state index in [1.54, 1.807) is 24.3 Å². The molecule has 0 atom stereocenters. The molecular weight excluding hydrogens is 454 g/mol. The van der Waals surface area contributed by atoms with Gasteiger partial charge in [0.05, 0.1) is 23.4 Å². The SMILES string of the molecule is CCOc1cccc(N(CC(=O)Nc2ccc(S(=O)(=O)N3CCCC3)cc2)S(C)(=O)=O)c1. The van der Waals surface area contributed by atoms with Gasteiger partial charge in [-0.15, -0.1) is 0 Å². The maximum Gasteiger partial charge on any atom is 0.245 e. The van der Waals surface area contributed by atoms with Crippen molar-refractivity contribution in [1.29, 1.82) is 0 Å². The molecule has 3 rings (SSSR count). The highest BCUT2D eigenvalue weighted by Crippen LogP contribution is 2.24. The van der Waals surface area contributed by atoms with E-state index < -0.39 is 32.5 Å². The van der Waals surface area contributed by atoms with E-state index in [1.807, 2.05) is 6.92 Å². The molecule has 1 heterocycles. The summed E-state index contributed by atoms with van der Waals surface area (Å²) in [6.07, 6.45) is 2.71. The van der Waals surface area contributed by atoms with E-state index in [0.717, 1.165) is 23.4 Å². The average molecular weight is 482 g/mol. The molecule has 0 aliphatic carbocycles. The first kappa shape index (κ1) is 24.0. The molecule has 174 valence electrons. The highest BCUT2D eigenvalue weighted by Gasteiger charge is 2.27. The van der Waals surface area contributed by atoms with Crippen molar-refractivity contribution in [1.82, 2.24) is 4.31 Å². The molecule has 32 heavy (non-hydrogen) atoms. The lowest BCUT2D eigenvalue weighted by molar-refractivity contribution is -0.114. The van der Waals surface area contributed by atoms with Crippen LogP contribution >= 0.6 is 0 Å². The monoisotopic (exact) mass is 481 g/mol. The highest BCUT2D eigenvalue weighted by molar-refractivity contribution is 7.92. The van der Waals surface area contributed by atoms with E-state index in [0.29, 0.717) is 36.8 Å². The molecule has 1 N–H and O–H groups in total. The van der Waals surface area contributed by atoms with Crippen LogP contribution < -0.4 is 14.4 Å². The van der Waals surface area contributed by atoms with Gasteiger partial charge in [-0.1, -0.05) is 6.07 Å². The van der Waals surface area contributed by atoms with E-state index >= 15 is 0 Å². The van der Waals surface area contributed by atoms with Crippen LogP contribution in [0.3, 0.4) is 0 Å². The zero-order valence-corrected chi connectivity index (χ0v) is 19.7. The van der Waals surface area contributed by atoms with Gasteiger partial charge in [0.1, 0.15) is 12.3 Å². The van der Waals surface area contributed by atoms with Crippen LogP contribution in [0.5, 0.6) is 5.75 Å². The molecule has 1 amide bonds. The van der Waals surface area contributed by atoms with Gasteiger partial charge in [0, 0.05) is 24.8 Å². The van der Waals surface area contributed by atoms with Crippen molar-refractivity contribution in [2.24, 2.45) is 0 Å². The number of nitrogens with zero attached hydrogens (tertiary/aromatic N) is 2. The number of sulfonamides is 2. The normalized spacial score (nSPS) is 14.8. The molecule has 0 saturated carbocycles. The average Bonchev–Trinajstić information content (AvgIpc) is 3.28. The Bertz CT molecular complexity index is 1160. The van der Waals surface area contributed by atoms with E-state index in [1.165, 1.54) is 28.6 Å². The van der Waals surface area contributed by atoms with Gasteiger partial charge in [0.15, 0.2) is 0 Å². The molecule has 2 aromatic rings. The standard InChI is InChI=1S/C21H27N3O6S2/c1-3-30-19-8-6-7-18(15-19)24(31(2,26)27)16-21(25)22-17-9-11-20(12-10-17)32(28,29)23-13-4-5-14-23/h6-12,15H,3-5,13-14,16H2,1-2H3,(H,22,25). The molecule has 0 bridgehead atoms. The Kier molecular flexibility index (Phi) is 7.42. The fourth-order valence-electron chi connectivity index (χ4n) is 3.41. The summed E-state index contributed by atoms with van der Waals surface area (Å²) in [5.74, 6) is -0.0683. The van der Waals surface area contributed by atoms with Crippen molar-refractivity contribution in [3.8, 4) is 5.75 Å². The lowest BCUT2D eigenvalue weighted by atomic mass is 10.3. The van der Waals surface area contributed by atoms with E-state index in [4.69, 9.17) is 4.74 Å². The molecule has 0 aromatic heterocycles. The molecule has 2 aromatic carbocycles. The number of anilines is 2. The zero-order valence-electron chi connectivity index (χ0n) is 18.0. The fraction of sp³-hybridized carbons (Fsp3) is 0.381. The van der Waals surface area contributed by atoms with Gasteiger partial charge in [-0.05, 0) is 56.2 Å². The largest absolute Gasteiger partial charge is 0.494 e. The Hall–Kier alpha value is -2.63. The summed E-state index contributed by atoms with van der Waals surface area (Å²) in [6.45, 7) is 2.81. The molecule has 0 radical (unpaired) electrons. The maximum absolute atomic E-state index is 12.6. The fourth-order valence-corrected chi connectivity index (χ4v) is 5.78. The number of ether oxygens (including phenoxy) is 1. The number of carbonyl (C=O) groups is 1. The number of nitrogens with one attached hydrogen (secondary N) is 1. The Labute approximate surface area is 189 Å². The van der Waals surface area contributed by atoms with Crippen LogP contribution in [0.2, 0.25) is 0 Å². The number of hydrogen-bond acceptors (Lipinski definition) is 6. The summed E-state index contributed by atoms with van der Waals surface area (Å²) >= 11 is 0. The van der Waals surface area contributed by atoms with Crippen LogP contribution in [0, 0.1) is 0 Å². The van der Waals surface area contributed by atoms with Crippen molar-refractivity contribution in [3.63, 3.8) is 0 Å². The molecule has 11 heteroatoms. The molecule has 0 unspecified atom stereocenters. The zero-order chi connectivity index (χ0) is 23.4. The van der Waals surface area contributed by atoms with E-state index in [-0.39, 0.29) is 4.90 Å². The van der Waals surface area contributed by atoms with Crippen LogP contribution in [0.15, 0.2) is 53.4 Å². The van der Waals surface area contributed by atoms with Gasteiger partial charge >= 0.3 is 0 Å². The maximum atomic E-state index is 12.6. The molecule has 1 aliphatic heterocycles. The van der Waals surface area contributed by atoms with Gasteiger partial charge in [-0.3, -0.25) is 9.10 Å². The molecule has 1 fully saturated rings. The van der Waals surface area contributed by atoms with Gasteiger partial charge in [-0.25, -0.2) is 16.8 Å². The number of benzene rings is 2. The second kappa shape index (κ2) is 9.88. The van der Waals surface area contributed by atoms with Crippen LogP contribution in [-0.2, 0) is 24.8 Å². The first-order chi connectivity index (χ1) is 15.1. The summed E-state index contributed by atoms with van der Waals surface area (Å²) in [6, 6.07) is 12.3. The first-order valence-corrected chi connectivity index (χ1v) is 13.5. The van der Waals surface area contributed by atoms with E-state index in [9.17, 15) is 21.6 Å². The van der Waals surface area contributed by atoms with Gasteiger partial charge < -0.3 is 10.1 Å². The molecule has 0 spiro atoms. The number of amides is 1. The number of hydrogen-bond donors (Lipinski definition) is 1. The minimum atomic E-state index is -3.74. The van der Waals surface area contributed by atoms with Crippen LogP contribution in [0.1, 0.15) is 19.8 Å². The van der Waals surface area contributed by atoms with Crippen LogP contribution in [0.25, 0.3) is 0 Å². The van der Waals surface area contributed by atoms with Crippen molar-refractivity contribution < 1.29 is 26.4 Å². The summed E-state index contributed by atoms with van der Waals surface area (Å²) < 4.78 is 57.7. The van der Waals surface area contributed by atoms with Crippen molar-refractivity contribution in [2.75, 3.05) is 42.1 Å². The van der Waals surface area contributed by atoms with Crippen LogP contribution in [-0.4, -0.2) is 59.5 Å². The summed E-state index contributed by atoms with van der Waals surface area (Å²) in [5, 5.41) is 2.62. The van der Waals surface area contributed by atoms with Crippen LogP contribution in [0.4, 0.5) is 11.4 Å². The van der Waals surface area contributed by atoms with Crippen molar-refractivity contribution in [2.45, 2.75) is 24.7 Å². The topological polar surface area (TPSA) is 113 Å². The molecule has 1 saturated heterocycles. The smallest absolute Gasteiger partial charge is 0.245 e. The lowest BCUT2D eigenvalue weighted by Gasteiger charge is -2.22. The Morgan fingerprint density at radius 3 is 2.31 bits per heavy atom. The minimum absolute atomic E-state index is 0.155. The van der Waals surface area contributed by atoms with Crippen molar-refractivity contribution >= 4 is 37.3 Å². The van der Waals surface area contributed by atoms with Crippen molar-refractivity contribution in [3.05, 3.63) is 48.5 Å². The second-order valence-corrected chi connectivity index (χ2v) is 11.2. The minimum Gasteiger partial charge on any atom is -0.494 e. The third-order valence-corrected chi connectivity index (χ3v) is 8.00. The molecular formula is C21H27N3O6S2. The quantitative estimate of drug-likeness (QED) is 0.588. The predicted octanol–water partition coefficient (Wildman–Crippen LogP) is 2.27. The highest BCUT2D eigenvalue weighted by atomic mass is 32.2. The predicted molar refractivity (Wildman–Crippen MR) is 123 cm³/mol. The number of carbonyl (C=O) groups excluding carboxylic acids is 1. The Morgan fingerprint density at radius 1 is 1.06 bits per heavy atom. The summed E-state index contributed by atoms with van der Waals surface area (Å²) in [7, 11) is -7.29. The van der Waals surface area contributed by atoms with Gasteiger partial charge in [0.25, 0.3) is 0 Å². The van der Waals surface area contributed by atoms with Gasteiger partial charge in [-0.2, -0.15) is 4.31 Å². The third kappa shape index (κ3) is 5.78. The molecule has 1 aliphatic rings. The molecule has 9 nitrogen and oxygen atoms in total.